The van der Waals surface area contributed by atoms with Gasteiger partial charge in [0.25, 0.3) is 0 Å². The summed E-state index contributed by atoms with van der Waals surface area (Å²) in [5.74, 6) is 0.213. The minimum atomic E-state index is -3.21. The molecule has 1 aromatic rings. The van der Waals surface area contributed by atoms with Gasteiger partial charge in [0.1, 0.15) is 0 Å². The largest absolute Gasteiger partial charge is 0.340 e. The van der Waals surface area contributed by atoms with E-state index in [1.807, 2.05) is 30.3 Å². The molecule has 0 aliphatic carbocycles. The SMILES string of the molecule is Cl.N[C@@H]1CN(C(=O)CCCS(=O)(=O)N2CCCC2)C[C@H]1c1ccccc1. The Morgan fingerprint density at radius 1 is 1.12 bits per heavy atom. The van der Waals surface area contributed by atoms with Crippen LogP contribution in [0.2, 0.25) is 0 Å². The third-order valence-electron chi connectivity index (χ3n) is 5.20. The Labute approximate surface area is 162 Å². The van der Waals surface area contributed by atoms with E-state index in [1.165, 1.54) is 0 Å². The number of amides is 1. The molecular weight excluding hydrogens is 374 g/mol. The number of carbonyl (C=O) groups excluding carboxylic acids is 1. The molecule has 2 fully saturated rings. The number of carbonyl (C=O) groups is 1. The van der Waals surface area contributed by atoms with Crippen LogP contribution in [0.4, 0.5) is 0 Å². The lowest BCUT2D eigenvalue weighted by Crippen LogP contribution is -2.33. The Hall–Kier alpha value is -1.15. The van der Waals surface area contributed by atoms with Crippen molar-refractivity contribution in [3.05, 3.63) is 35.9 Å². The minimum Gasteiger partial charge on any atom is -0.340 e. The molecule has 1 amide bonds. The topological polar surface area (TPSA) is 83.7 Å². The number of hydrogen-bond acceptors (Lipinski definition) is 4. The molecule has 2 atom stereocenters. The molecule has 2 saturated heterocycles. The van der Waals surface area contributed by atoms with Gasteiger partial charge in [0.2, 0.25) is 15.9 Å². The highest BCUT2D eigenvalue weighted by Crippen LogP contribution is 2.27. The van der Waals surface area contributed by atoms with E-state index in [1.54, 1.807) is 9.21 Å². The standard InChI is InChI=1S/C18H27N3O3S.ClH/c19-17-14-20(13-16(17)15-7-2-1-3-8-15)18(22)9-6-12-25(23,24)21-10-4-5-11-21;/h1-3,7-8,16-17H,4-6,9-14,19H2;1H/t16-,17+;/m0./s1. The summed E-state index contributed by atoms with van der Waals surface area (Å²) in [5, 5.41) is 0. The van der Waals surface area contributed by atoms with Crippen LogP contribution in [0.15, 0.2) is 30.3 Å². The molecule has 2 heterocycles. The number of rotatable bonds is 6. The number of sulfonamides is 1. The highest BCUT2D eigenvalue weighted by Gasteiger charge is 2.33. The van der Waals surface area contributed by atoms with Gasteiger partial charge in [0.15, 0.2) is 0 Å². The molecule has 0 spiro atoms. The van der Waals surface area contributed by atoms with Crippen LogP contribution in [0.1, 0.15) is 37.2 Å². The molecule has 26 heavy (non-hydrogen) atoms. The molecule has 1 aromatic carbocycles. The Balaban J connectivity index is 0.00000243. The van der Waals surface area contributed by atoms with Gasteiger partial charge in [-0.15, -0.1) is 12.4 Å². The third-order valence-corrected chi connectivity index (χ3v) is 7.15. The molecule has 2 N–H and O–H groups in total. The molecule has 8 heteroatoms. The fourth-order valence-corrected chi connectivity index (χ4v) is 5.33. The van der Waals surface area contributed by atoms with Crippen molar-refractivity contribution < 1.29 is 13.2 Å². The maximum Gasteiger partial charge on any atom is 0.222 e. The summed E-state index contributed by atoms with van der Waals surface area (Å²) >= 11 is 0. The number of hydrogen-bond donors (Lipinski definition) is 1. The van der Waals surface area contributed by atoms with Gasteiger partial charge in [-0.05, 0) is 24.8 Å². The van der Waals surface area contributed by atoms with Gasteiger partial charge in [-0.3, -0.25) is 4.79 Å². The highest BCUT2D eigenvalue weighted by atomic mass is 35.5. The van der Waals surface area contributed by atoms with Crippen molar-refractivity contribution in [1.29, 1.82) is 0 Å². The maximum atomic E-state index is 12.4. The Bertz CT molecular complexity index is 693. The molecular formula is C18H28ClN3O3S. The fraction of sp³-hybridized carbons (Fsp3) is 0.611. The van der Waals surface area contributed by atoms with Crippen LogP contribution in [-0.2, 0) is 14.8 Å². The van der Waals surface area contributed by atoms with Crippen molar-refractivity contribution >= 4 is 28.3 Å². The summed E-state index contributed by atoms with van der Waals surface area (Å²) in [7, 11) is -3.21. The number of nitrogens with two attached hydrogens (primary N) is 1. The first-order chi connectivity index (χ1) is 12.0. The molecule has 146 valence electrons. The number of benzene rings is 1. The van der Waals surface area contributed by atoms with Crippen molar-refractivity contribution in [2.45, 2.75) is 37.6 Å². The third kappa shape index (κ3) is 4.97. The first kappa shape index (κ1) is 21.2. The van der Waals surface area contributed by atoms with Crippen molar-refractivity contribution in [3.8, 4) is 0 Å². The van der Waals surface area contributed by atoms with Crippen molar-refractivity contribution in [1.82, 2.24) is 9.21 Å². The van der Waals surface area contributed by atoms with E-state index < -0.39 is 10.0 Å². The van der Waals surface area contributed by atoms with E-state index in [2.05, 4.69) is 0 Å². The van der Waals surface area contributed by atoms with E-state index in [9.17, 15) is 13.2 Å². The first-order valence-electron chi connectivity index (χ1n) is 9.03. The van der Waals surface area contributed by atoms with E-state index in [4.69, 9.17) is 5.73 Å². The lowest BCUT2D eigenvalue weighted by Gasteiger charge is -2.18. The van der Waals surface area contributed by atoms with Crippen LogP contribution in [-0.4, -0.2) is 61.5 Å². The second-order valence-electron chi connectivity index (χ2n) is 7.01. The van der Waals surface area contributed by atoms with Crippen molar-refractivity contribution in [2.24, 2.45) is 5.73 Å². The minimum absolute atomic E-state index is 0. The lowest BCUT2D eigenvalue weighted by molar-refractivity contribution is -0.130. The van der Waals surface area contributed by atoms with Gasteiger partial charge in [0, 0.05) is 44.6 Å². The summed E-state index contributed by atoms with van der Waals surface area (Å²) in [6.45, 7) is 2.40. The average molecular weight is 402 g/mol. The predicted molar refractivity (Wildman–Crippen MR) is 105 cm³/mol. The Morgan fingerprint density at radius 3 is 2.42 bits per heavy atom. The molecule has 0 bridgehead atoms. The summed E-state index contributed by atoms with van der Waals surface area (Å²) < 4.78 is 26.0. The van der Waals surface area contributed by atoms with Gasteiger partial charge >= 0.3 is 0 Å². The van der Waals surface area contributed by atoms with Gasteiger partial charge in [0.05, 0.1) is 5.75 Å². The van der Waals surface area contributed by atoms with Crippen LogP contribution >= 0.6 is 12.4 Å². The molecule has 3 rings (SSSR count). The number of halogens is 1. The Kier molecular flexibility index (Phi) is 7.46. The molecule has 2 aliphatic rings. The van der Waals surface area contributed by atoms with Gasteiger partial charge in [-0.25, -0.2) is 12.7 Å². The van der Waals surface area contributed by atoms with Crippen molar-refractivity contribution in [3.63, 3.8) is 0 Å². The molecule has 0 aromatic heterocycles. The number of nitrogens with zero attached hydrogens (tertiary/aromatic N) is 2. The monoisotopic (exact) mass is 401 g/mol. The zero-order valence-electron chi connectivity index (χ0n) is 14.9. The first-order valence-corrected chi connectivity index (χ1v) is 10.6. The predicted octanol–water partition coefficient (Wildman–Crippen LogP) is 1.57. The fourth-order valence-electron chi connectivity index (χ4n) is 3.74. The van der Waals surface area contributed by atoms with Crippen LogP contribution < -0.4 is 5.73 Å². The molecule has 0 unspecified atom stereocenters. The quantitative estimate of drug-likeness (QED) is 0.784. The summed E-state index contributed by atoms with van der Waals surface area (Å²) in [5.41, 5.74) is 7.38. The van der Waals surface area contributed by atoms with E-state index in [-0.39, 0.29) is 42.4 Å². The average Bonchev–Trinajstić information content (AvgIpc) is 3.25. The van der Waals surface area contributed by atoms with Crippen LogP contribution in [0.3, 0.4) is 0 Å². The van der Waals surface area contributed by atoms with E-state index in [0.29, 0.717) is 32.6 Å². The van der Waals surface area contributed by atoms with Crippen LogP contribution in [0.25, 0.3) is 0 Å². The molecule has 6 nitrogen and oxygen atoms in total. The normalized spacial score (nSPS) is 23.8. The van der Waals surface area contributed by atoms with E-state index in [0.717, 1.165) is 18.4 Å². The summed E-state index contributed by atoms with van der Waals surface area (Å²) in [6.07, 6.45) is 2.51. The summed E-state index contributed by atoms with van der Waals surface area (Å²) in [6, 6.07) is 9.95. The number of likely N-dealkylation sites (tertiary alicyclic amines) is 1. The van der Waals surface area contributed by atoms with Gasteiger partial charge in [-0.2, -0.15) is 0 Å². The second kappa shape index (κ2) is 9.17. The molecule has 2 aliphatic heterocycles. The second-order valence-corrected chi connectivity index (χ2v) is 9.09. The van der Waals surface area contributed by atoms with Crippen molar-refractivity contribution in [2.75, 3.05) is 31.9 Å². The van der Waals surface area contributed by atoms with E-state index >= 15 is 0 Å². The molecule has 0 radical (unpaired) electrons. The zero-order valence-corrected chi connectivity index (χ0v) is 16.6. The maximum absolute atomic E-state index is 12.4. The molecule has 0 saturated carbocycles. The smallest absolute Gasteiger partial charge is 0.222 e. The van der Waals surface area contributed by atoms with Crippen LogP contribution in [0, 0.1) is 0 Å². The zero-order chi connectivity index (χ0) is 17.9. The highest BCUT2D eigenvalue weighted by molar-refractivity contribution is 7.89. The van der Waals surface area contributed by atoms with Crippen LogP contribution in [0.5, 0.6) is 0 Å². The lowest BCUT2D eigenvalue weighted by atomic mass is 9.95. The van der Waals surface area contributed by atoms with Gasteiger partial charge < -0.3 is 10.6 Å². The van der Waals surface area contributed by atoms with Gasteiger partial charge in [-0.1, -0.05) is 30.3 Å². The Morgan fingerprint density at radius 2 is 1.77 bits per heavy atom. The summed E-state index contributed by atoms with van der Waals surface area (Å²) in [4.78, 5) is 14.2.